The number of hydrogen-bond donors (Lipinski definition) is 0. The SMILES string of the molecule is FC1CCC(F)OC1. The van der Waals surface area contributed by atoms with Crippen molar-refractivity contribution < 1.29 is 13.5 Å². The maximum absolute atomic E-state index is 12.1. The van der Waals surface area contributed by atoms with E-state index in [1.807, 2.05) is 0 Å². The van der Waals surface area contributed by atoms with Crippen molar-refractivity contribution in [2.75, 3.05) is 6.61 Å². The number of ether oxygens (including phenoxy) is 1. The molecule has 0 bridgehead atoms. The lowest BCUT2D eigenvalue weighted by atomic mass is 10.2. The van der Waals surface area contributed by atoms with Crippen LogP contribution in [0.4, 0.5) is 8.78 Å². The quantitative estimate of drug-likeness (QED) is 0.472. The molecule has 0 saturated carbocycles. The van der Waals surface area contributed by atoms with Gasteiger partial charge in [0.15, 0.2) is 6.36 Å². The van der Waals surface area contributed by atoms with Crippen molar-refractivity contribution in [3.63, 3.8) is 0 Å². The second kappa shape index (κ2) is 2.40. The third kappa shape index (κ3) is 1.40. The number of alkyl halides is 2. The molecule has 0 aromatic rings. The first-order chi connectivity index (χ1) is 3.79. The Bertz CT molecular complexity index is 58.8. The predicted molar refractivity (Wildman–Crippen MR) is 25.0 cm³/mol. The Labute approximate surface area is 46.6 Å². The van der Waals surface area contributed by atoms with E-state index in [4.69, 9.17) is 0 Å². The minimum absolute atomic E-state index is 0.0683. The van der Waals surface area contributed by atoms with Crippen molar-refractivity contribution in [3.05, 3.63) is 0 Å². The van der Waals surface area contributed by atoms with E-state index in [-0.39, 0.29) is 13.0 Å². The van der Waals surface area contributed by atoms with Crippen LogP contribution < -0.4 is 0 Å². The number of halogens is 2. The fourth-order valence-corrected chi connectivity index (χ4v) is 0.687. The van der Waals surface area contributed by atoms with Crippen LogP contribution in [-0.2, 0) is 4.74 Å². The summed E-state index contributed by atoms with van der Waals surface area (Å²) in [5, 5.41) is 0. The van der Waals surface area contributed by atoms with Crippen LogP contribution in [0.1, 0.15) is 12.8 Å². The molecule has 1 rings (SSSR count). The van der Waals surface area contributed by atoms with Crippen LogP contribution in [0.15, 0.2) is 0 Å². The minimum Gasteiger partial charge on any atom is -0.345 e. The van der Waals surface area contributed by atoms with E-state index in [2.05, 4.69) is 4.74 Å². The smallest absolute Gasteiger partial charge is 0.198 e. The van der Waals surface area contributed by atoms with Crippen LogP contribution in [0.5, 0.6) is 0 Å². The van der Waals surface area contributed by atoms with E-state index in [9.17, 15) is 8.78 Å². The molecule has 0 spiro atoms. The second-order valence-electron chi connectivity index (χ2n) is 1.92. The van der Waals surface area contributed by atoms with Gasteiger partial charge in [-0.05, 0) is 6.42 Å². The summed E-state index contributed by atoms with van der Waals surface area (Å²) >= 11 is 0. The summed E-state index contributed by atoms with van der Waals surface area (Å²) in [6, 6.07) is 0. The average Bonchev–Trinajstić information content (AvgIpc) is 1.77. The summed E-state index contributed by atoms with van der Waals surface area (Å²) in [6.07, 6.45) is -1.65. The summed E-state index contributed by atoms with van der Waals surface area (Å²) in [5.41, 5.74) is 0. The molecule has 2 atom stereocenters. The Kier molecular flexibility index (Phi) is 1.78. The molecule has 1 heterocycles. The fourth-order valence-electron chi connectivity index (χ4n) is 0.687. The Hall–Kier alpha value is -0.180. The van der Waals surface area contributed by atoms with Gasteiger partial charge in [-0.1, -0.05) is 0 Å². The molecule has 0 amide bonds. The molecule has 0 N–H and O–H groups in total. The van der Waals surface area contributed by atoms with Crippen LogP contribution in [0, 0.1) is 0 Å². The Balaban J connectivity index is 2.19. The van der Waals surface area contributed by atoms with Gasteiger partial charge in [0.2, 0.25) is 0 Å². The molecule has 2 unspecified atom stereocenters. The van der Waals surface area contributed by atoms with Gasteiger partial charge in [-0.3, -0.25) is 0 Å². The zero-order valence-electron chi connectivity index (χ0n) is 4.44. The van der Waals surface area contributed by atoms with Gasteiger partial charge in [-0.15, -0.1) is 0 Å². The number of hydrogen-bond acceptors (Lipinski definition) is 1. The largest absolute Gasteiger partial charge is 0.345 e. The lowest BCUT2D eigenvalue weighted by molar-refractivity contribution is -0.0951. The van der Waals surface area contributed by atoms with E-state index in [0.717, 1.165) is 0 Å². The molecule has 8 heavy (non-hydrogen) atoms. The molecule has 1 aliphatic rings. The van der Waals surface area contributed by atoms with Gasteiger partial charge in [0.05, 0.1) is 6.61 Å². The zero-order valence-corrected chi connectivity index (χ0v) is 4.44. The Morgan fingerprint density at radius 3 is 2.38 bits per heavy atom. The lowest BCUT2D eigenvalue weighted by Crippen LogP contribution is -2.23. The molecule has 1 nitrogen and oxygen atoms in total. The highest BCUT2D eigenvalue weighted by Gasteiger charge is 2.19. The summed E-state index contributed by atoms with van der Waals surface area (Å²) in [7, 11) is 0. The predicted octanol–water partition coefficient (Wildman–Crippen LogP) is 1.43. The first kappa shape index (κ1) is 5.95. The van der Waals surface area contributed by atoms with Crippen molar-refractivity contribution in [1.29, 1.82) is 0 Å². The van der Waals surface area contributed by atoms with Crippen molar-refractivity contribution in [3.8, 4) is 0 Å². The first-order valence-electron chi connectivity index (χ1n) is 2.69. The third-order valence-electron chi connectivity index (χ3n) is 1.16. The highest BCUT2D eigenvalue weighted by Crippen LogP contribution is 2.15. The normalized spacial score (nSPS) is 39.8. The molecule has 0 aromatic heterocycles. The van der Waals surface area contributed by atoms with Gasteiger partial charge in [-0.2, -0.15) is 0 Å². The molecule has 0 radical (unpaired) electrons. The monoisotopic (exact) mass is 122 g/mol. The Morgan fingerprint density at radius 1 is 1.25 bits per heavy atom. The Morgan fingerprint density at radius 2 is 2.00 bits per heavy atom. The molecular formula is C5H8F2O. The maximum atomic E-state index is 12.1. The van der Waals surface area contributed by atoms with Crippen molar-refractivity contribution in [1.82, 2.24) is 0 Å². The average molecular weight is 122 g/mol. The second-order valence-corrected chi connectivity index (χ2v) is 1.92. The molecule has 1 fully saturated rings. The van der Waals surface area contributed by atoms with Crippen LogP contribution in [0.25, 0.3) is 0 Å². The van der Waals surface area contributed by atoms with Gasteiger partial charge >= 0.3 is 0 Å². The van der Waals surface area contributed by atoms with Gasteiger partial charge in [0.1, 0.15) is 6.17 Å². The minimum atomic E-state index is -1.22. The van der Waals surface area contributed by atoms with E-state index in [1.54, 1.807) is 0 Å². The van der Waals surface area contributed by atoms with Crippen molar-refractivity contribution in [2.24, 2.45) is 0 Å². The third-order valence-corrected chi connectivity index (χ3v) is 1.16. The van der Waals surface area contributed by atoms with E-state index in [1.165, 1.54) is 0 Å². The molecule has 3 heteroatoms. The molecule has 0 aliphatic carbocycles. The molecule has 48 valence electrons. The van der Waals surface area contributed by atoms with Crippen molar-refractivity contribution >= 4 is 0 Å². The van der Waals surface area contributed by atoms with E-state index in [0.29, 0.717) is 6.42 Å². The highest BCUT2D eigenvalue weighted by molar-refractivity contribution is 4.61. The zero-order chi connectivity index (χ0) is 5.98. The van der Waals surface area contributed by atoms with Crippen LogP contribution in [0.2, 0.25) is 0 Å². The van der Waals surface area contributed by atoms with E-state index < -0.39 is 12.5 Å². The topological polar surface area (TPSA) is 9.23 Å². The number of rotatable bonds is 0. The summed E-state index contributed by atoms with van der Waals surface area (Å²) in [6.45, 7) is -0.0683. The highest BCUT2D eigenvalue weighted by atomic mass is 19.1. The van der Waals surface area contributed by atoms with Crippen LogP contribution in [0.3, 0.4) is 0 Å². The van der Waals surface area contributed by atoms with Crippen LogP contribution >= 0.6 is 0 Å². The summed E-state index contributed by atoms with van der Waals surface area (Å²) in [4.78, 5) is 0. The van der Waals surface area contributed by atoms with Gasteiger partial charge < -0.3 is 4.74 Å². The molecule has 0 aromatic carbocycles. The standard InChI is InChI=1S/C5H8F2O/c6-4-1-2-5(7)8-3-4/h4-5H,1-3H2. The van der Waals surface area contributed by atoms with Gasteiger partial charge in [0, 0.05) is 6.42 Å². The summed E-state index contributed by atoms with van der Waals surface area (Å²) < 4.78 is 28.4. The van der Waals surface area contributed by atoms with Gasteiger partial charge in [-0.25, -0.2) is 8.78 Å². The fraction of sp³-hybridized carbons (Fsp3) is 1.00. The molecule has 1 aliphatic heterocycles. The molecule has 1 saturated heterocycles. The first-order valence-corrected chi connectivity index (χ1v) is 2.69. The van der Waals surface area contributed by atoms with Gasteiger partial charge in [0.25, 0.3) is 0 Å². The van der Waals surface area contributed by atoms with Crippen LogP contribution in [-0.4, -0.2) is 19.1 Å². The maximum Gasteiger partial charge on any atom is 0.198 e. The lowest BCUT2D eigenvalue weighted by Gasteiger charge is -2.18. The molecular weight excluding hydrogens is 114 g/mol. The summed E-state index contributed by atoms with van der Waals surface area (Å²) in [5.74, 6) is 0. The van der Waals surface area contributed by atoms with Crippen molar-refractivity contribution in [2.45, 2.75) is 25.4 Å². The van der Waals surface area contributed by atoms with E-state index >= 15 is 0 Å².